The molecule has 7 amide bonds. The Labute approximate surface area is 358 Å². The normalized spacial score (nSPS) is 28.8. The average Bonchev–Trinajstić information content (AvgIpc) is 3.65. The number of rotatable bonds is 7. The molecular weight excluding hydrogens is 781 g/mol. The number of amides is 7. The Morgan fingerprint density at radius 3 is 2.28 bits per heavy atom. The Morgan fingerprint density at radius 1 is 0.902 bits per heavy atom. The van der Waals surface area contributed by atoms with Gasteiger partial charge in [0.05, 0.1) is 12.5 Å². The van der Waals surface area contributed by atoms with Crippen molar-refractivity contribution in [1.82, 2.24) is 14.7 Å². The topological polar surface area (TPSA) is 171 Å². The van der Waals surface area contributed by atoms with Crippen molar-refractivity contribution >= 4 is 41.7 Å². The first-order valence-electron chi connectivity index (χ1n) is 21.5. The molecule has 0 spiro atoms. The van der Waals surface area contributed by atoms with Gasteiger partial charge in [-0.15, -0.1) is 5.92 Å². The molecule has 6 rings (SSSR count). The van der Waals surface area contributed by atoms with Crippen molar-refractivity contribution in [2.24, 2.45) is 17.3 Å². The van der Waals surface area contributed by atoms with Gasteiger partial charge in [-0.2, -0.15) is 14.3 Å². The molecule has 0 aromatic heterocycles. The summed E-state index contributed by atoms with van der Waals surface area (Å²) in [5.74, 6) is 9.73. The van der Waals surface area contributed by atoms with Gasteiger partial charge in [0.15, 0.2) is 0 Å². The monoisotopic (exact) mass is 838 g/mol. The molecule has 2 aliphatic carbocycles. The Kier molecular flexibility index (Phi) is 13.0. The smallest absolute Gasteiger partial charge is 0.524 e. The molecule has 0 saturated carbocycles. The second kappa shape index (κ2) is 17.6. The number of carbonyl (C=O) groups excluding carboxylic acids is 7. The van der Waals surface area contributed by atoms with Crippen LogP contribution >= 0.6 is 0 Å². The number of imide groups is 4. The van der Waals surface area contributed by atoms with E-state index >= 15 is 0 Å². The molecule has 61 heavy (non-hydrogen) atoms. The summed E-state index contributed by atoms with van der Waals surface area (Å²) in [5, 5.41) is 13.6. The van der Waals surface area contributed by atoms with Gasteiger partial charge in [-0.05, 0) is 79.2 Å². The number of hydroxylamine groups is 3. The van der Waals surface area contributed by atoms with Crippen molar-refractivity contribution in [1.29, 1.82) is 0 Å². The molecule has 14 heteroatoms. The Hall–Kier alpha value is -5.31. The Bertz CT molecular complexity index is 2130. The zero-order valence-corrected chi connectivity index (χ0v) is 36.5. The minimum absolute atomic E-state index is 0.0477. The third-order valence-electron chi connectivity index (χ3n) is 12.0. The summed E-state index contributed by atoms with van der Waals surface area (Å²) in [6, 6.07) is -1.96. The van der Waals surface area contributed by atoms with Crippen LogP contribution in [0.2, 0.25) is 0 Å². The quantitative estimate of drug-likeness (QED) is 0.0919. The number of likely N-dealkylation sites (tertiary alicyclic amines) is 4. The lowest BCUT2D eigenvalue weighted by atomic mass is 9.71. The standard InChI is InChI=1S/C47H58N4O10/c1-45(2,3)60-43(57)50-38(52)27-26-36(41(50)55)48-29-34-31(20-16-23-33(34)39(48)53)19-14-12-10-8-9-11-13-15-21-32-22-17-24-35-40(54)49(30-47(32,35)7)37-25-18-28-51(59,42(37)56)44(58)61-46(4,5)6/h16-17,20,22,24,32-33,36-37H,8-13,18,23,25-30H2,1-7H3. The van der Waals surface area contributed by atoms with Crippen LogP contribution < -0.4 is 0 Å². The highest BCUT2D eigenvalue weighted by Gasteiger charge is 2.57. The van der Waals surface area contributed by atoms with E-state index in [-0.39, 0.29) is 50.2 Å². The average molecular weight is 839 g/mol. The SMILES string of the molecule is CC(C)(C)OC(=O)N1C(=O)CCC(N2CC3=C(C#CCCCCCCC#CC4C=CC=C5C(=O)N(C6CCC[N+]([O-])(C(=O)OC(C)(C)C)C6=O)CC54C)C=CCC3C2=O)C1=O. The summed E-state index contributed by atoms with van der Waals surface area (Å²) in [4.78, 5) is 95.9. The molecule has 0 aromatic rings. The van der Waals surface area contributed by atoms with Crippen LogP contribution in [0.3, 0.4) is 0 Å². The van der Waals surface area contributed by atoms with Crippen molar-refractivity contribution in [3.05, 3.63) is 52.3 Å². The number of nitrogens with zero attached hydrogens (tertiary/aromatic N) is 4. The van der Waals surface area contributed by atoms with Crippen molar-refractivity contribution in [2.45, 2.75) is 142 Å². The molecule has 6 atom stereocenters. The fourth-order valence-corrected chi connectivity index (χ4v) is 8.89. The molecule has 326 valence electrons. The van der Waals surface area contributed by atoms with E-state index in [1.807, 2.05) is 31.2 Å². The van der Waals surface area contributed by atoms with Gasteiger partial charge in [-0.1, -0.05) is 67.9 Å². The maximum Gasteiger partial charge on any atom is 0.524 e. The van der Waals surface area contributed by atoms with E-state index in [1.165, 1.54) is 9.80 Å². The number of unbranched alkanes of at least 4 members (excludes halogenated alkanes) is 5. The molecule has 0 N–H and O–H groups in total. The van der Waals surface area contributed by atoms with Crippen molar-refractivity contribution in [3.63, 3.8) is 0 Å². The molecular formula is C47H58N4O10. The highest BCUT2D eigenvalue weighted by Crippen LogP contribution is 2.47. The first-order chi connectivity index (χ1) is 28.7. The van der Waals surface area contributed by atoms with Crippen LogP contribution in [0.1, 0.15) is 119 Å². The molecule has 0 radical (unpaired) electrons. The van der Waals surface area contributed by atoms with Gasteiger partial charge < -0.3 is 24.5 Å². The summed E-state index contributed by atoms with van der Waals surface area (Å²) in [6.45, 7) is 12.0. The number of hydrogen-bond donors (Lipinski definition) is 0. The molecule has 4 heterocycles. The van der Waals surface area contributed by atoms with E-state index < -0.39 is 69.2 Å². The molecule has 14 nitrogen and oxygen atoms in total. The largest absolute Gasteiger partial charge is 0.615 e. The van der Waals surface area contributed by atoms with Gasteiger partial charge in [0.2, 0.25) is 11.8 Å². The van der Waals surface area contributed by atoms with E-state index in [1.54, 1.807) is 47.6 Å². The van der Waals surface area contributed by atoms with Crippen LogP contribution in [-0.4, -0.2) is 104 Å². The van der Waals surface area contributed by atoms with E-state index in [4.69, 9.17) is 9.47 Å². The van der Waals surface area contributed by atoms with E-state index in [2.05, 4.69) is 23.7 Å². The maximum atomic E-state index is 13.7. The highest BCUT2D eigenvalue weighted by atomic mass is 16.7. The summed E-state index contributed by atoms with van der Waals surface area (Å²) in [6.07, 6.45) is 13.5. The summed E-state index contributed by atoms with van der Waals surface area (Å²) in [5.41, 5.74) is -0.336. The summed E-state index contributed by atoms with van der Waals surface area (Å²) in [7, 11) is 0. The number of piperidine rings is 2. The van der Waals surface area contributed by atoms with Crippen molar-refractivity contribution < 1.29 is 47.7 Å². The first kappa shape index (κ1) is 45.2. The van der Waals surface area contributed by atoms with Crippen LogP contribution in [0, 0.1) is 46.1 Å². The van der Waals surface area contributed by atoms with Gasteiger partial charge in [0, 0.05) is 61.3 Å². The lowest BCUT2D eigenvalue weighted by Gasteiger charge is -2.44. The summed E-state index contributed by atoms with van der Waals surface area (Å²) < 4.78 is 8.88. The third kappa shape index (κ3) is 9.46. The second-order valence-corrected chi connectivity index (χ2v) is 19.0. The minimum atomic E-state index is -1.73. The first-order valence-corrected chi connectivity index (χ1v) is 21.5. The Morgan fingerprint density at radius 2 is 1.59 bits per heavy atom. The van der Waals surface area contributed by atoms with Crippen molar-refractivity contribution in [2.75, 3.05) is 19.6 Å². The molecule has 4 saturated heterocycles. The molecule has 0 aromatic carbocycles. The van der Waals surface area contributed by atoms with Gasteiger partial charge in [-0.25, -0.2) is 9.59 Å². The minimum Gasteiger partial charge on any atom is -0.615 e. The predicted molar refractivity (Wildman–Crippen MR) is 224 cm³/mol. The number of ether oxygens (including phenoxy) is 2. The van der Waals surface area contributed by atoms with E-state index in [0.717, 1.165) is 36.8 Å². The van der Waals surface area contributed by atoms with Gasteiger partial charge in [0.25, 0.3) is 11.8 Å². The van der Waals surface area contributed by atoms with Gasteiger partial charge in [0.1, 0.15) is 23.3 Å². The predicted octanol–water partition coefficient (Wildman–Crippen LogP) is 6.40. The molecule has 4 aliphatic heterocycles. The lowest BCUT2D eigenvalue weighted by molar-refractivity contribution is -0.736. The van der Waals surface area contributed by atoms with Gasteiger partial charge >= 0.3 is 18.1 Å². The molecule has 4 fully saturated rings. The third-order valence-corrected chi connectivity index (χ3v) is 12.0. The molecule has 6 aliphatic rings. The number of carbonyl (C=O) groups is 7. The molecule has 0 bridgehead atoms. The maximum absolute atomic E-state index is 13.7. The van der Waals surface area contributed by atoms with Crippen LogP contribution in [0.4, 0.5) is 9.59 Å². The summed E-state index contributed by atoms with van der Waals surface area (Å²) >= 11 is 0. The van der Waals surface area contributed by atoms with E-state index in [9.17, 15) is 38.8 Å². The van der Waals surface area contributed by atoms with Crippen LogP contribution in [0.25, 0.3) is 0 Å². The lowest BCUT2D eigenvalue weighted by Crippen LogP contribution is -2.64. The Balaban J connectivity index is 0.975. The fourth-order valence-electron chi connectivity index (χ4n) is 8.89. The van der Waals surface area contributed by atoms with Crippen molar-refractivity contribution in [3.8, 4) is 23.7 Å². The number of hydrogen-bond acceptors (Lipinski definition) is 10. The second-order valence-electron chi connectivity index (χ2n) is 19.0. The number of allylic oxidation sites excluding steroid dienone is 6. The van der Waals surface area contributed by atoms with Gasteiger partial charge in [-0.3, -0.25) is 19.2 Å². The number of fused-ring (bicyclic) bond motifs is 2. The van der Waals surface area contributed by atoms with E-state index in [0.29, 0.717) is 42.6 Å². The zero-order valence-electron chi connectivity index (χ0n) is 36.5. The van der Waals surface area contributed by atoms with Crippen LogP contribution in [0.5, 0.6) is 0 Å². The van der Waals surface area contributed by atoms with Crippen LogP contribution in [-0.2, 0) is 33.4 Å². The number of quaternary nitrogens is 1. The highest BCUT2D eigenvalue weighted by molar-refractivity contribution is 6.13. The van der Waals surface area contributed by atoms with Crippen LogP contribution in [0.15, 0.2) is 47.1 Å². The molecule has 6 unspecified atom stereocenters. The zero-order chi connectivity index (χ0) is 44.5. The fraction of sp³-hybridized carbons (Fsp3) is 0.596.